The largest absolute Gasteiger partial charge is 0.492 e. The van der Waals surface area contributed by atoms with Crippen molar-refractivity contribution in [2.75, 3.05) is 19.7 Å². The van der Waals surface area contributed by atoms with E-state index in [9.17, 15) is 9.59 Å². The summed E-state index contributed by atoms with van der Waals surface area (Å²) in [6.45, 7) is 7.60. The lowest BCUT2D eigenvalue weighted by Crippen LogP contribution is -2.38. The number of cyclic esters (lactones) is 1. The highest BCUT2D eigenvalue weighted by Crippen LogP contribution is 2.48. The molecule has 3 aliphatic rings. The zero-order chi connectivity index (χ0) is 17.1. The molecule has 128 valence electrons. The second-order valence-electron chi connectivity index (χ2n) is 7.77. The van der Waals surface area contributed by atoms with Crippen LogP contribution in [0.15, 0.2) is 12.1 Å². The first-order valence-electron chi connectivity index (χ1n) is 8.23. The van der Waals surface area contributed by atoms with Crippen LogP contribution >= 0.6 is 0 Å². The monoisotopic (exact) mass is 331 g/mol. The molecule has 1 aromatic rings. The quantitative estimate of drug-likeness (QED) is 0.684. The van der Waals surface area contributed by atoms with Crippen molar-refractivity contribution in [1.29, 1.82) is 0 Å². The van der Waals surface area contributed by atoms with Crippen LogP contribution in [0.25, 0.3) is 0 Å². The number of nitrogens with zero attached hydrogens (tertiary/aromatic N) is 1. The van der Waals surface area contributed by atoms with Gasteiger partial charge in [0.2, 0.25) is 0 Å². The van der Waals surface area contributed by atoms with Crippen molar-refractivity contribution in [3.05, 3.63) is 28.8 Å². The van der Waals surface area contributed by atoms with Crippen LogP contribution in [0.4, 0.5) is 4.79 Å². The van der Waals surface area contributed by atoms with E-state index in [4.69, 9.17) is 14.2 Å². The maximum atomic E-state index is 12.3. The van der Waals surface area contributed by atoms with Crippen LogP contribution in [0.2, 0.25) is 0 Å². The maximum Gasteiger partial charge on any atom is 0.410 e. The van der Waals surface area contributed by atoms with E-state index >= 15 is 0 Å². The van der Waals surface area contributed by atoms with Gasteiger partial charge in [-0.05, 0) is 33.3 Å². The Morgan fingerprint density at radius 2 is 2.08 bits per heavy atom. The first-order valence-corrected chi connectivity index (χ1v) is 8.23. The number of benzene rings is 1. The van der Waals surface area contributed by atoms with Gasteiger partial charge in [0, 0.05) is 24.2 Å². The summed E-state index contributed by atoms with van der Waals surface area (Å²) in [4.78, 5) is 25.8. The Morgan fingerprint density at radius 3 is 2.83 bits per heavy atom. The van der Waals surface area contributed by atoms with Crippen LogP contribution in [0, 0.1) is 0 Å². The lowest BCUT2D eigenvalue weighted by molar-refractivity contribution is 0.0282. The minimum absolute atomic E-state index is 0.215. The Labute approximate surface area is 140 Å². The van der Waals surface area contributed by atoms with Crippen molar-refractivity contribution in [2.45, 2.75) is 44.8 Å². The van der Waals surface area contributed by atoms with Crippen LogP contribution in [0.3, 0.4) is 0 Å². The summed E-state index contributed by atoms with van der Waals surface area (Å²) in [6.07, 6.45) is 0.541. The molecule has 0 aromatic heterocycles. The molecule has 0 radical (unpaired) electrons. The molecule has 1 fully saturated rings. The van der Waals surface area contributed by atoms with Crippen LogP contribution in [-0.4, -0.2) is 42.3 Å². The number of hydrogen-bond acceptors (Lipinski definition) is 5. The van der Waals surface area contributed by atoms with Crippen molar-refractivity contribution >= 4 is 12.1 Å². The summed E-state index contributed by atoms with van der Waals surface area (Å²) in [5, 5.41) is 0. The van der Waals surface area contributed by atoms with Gasteiger partial charge < -0.3 is 19.1 Å². The van der Waals surface area contributed by atoms with Gasteiger partial charge in [-0.3, -0.25) is 0 Å². The lowest BCUT2D eigenvalue weighted by atomic mass is 9.80. The molecule has 24 heavy (non-hydrogen) atoms. The molecule has 1 spiro atoms. The number of esters is 1. The number of ether oxygens (including phenoxy) is 3. The predicted molar refractivity (Wildman–Crippen MR) is 85.2 cm³/mol. The zero-order valence-electron chi connectivity index (χ0n) is 14.2. The first-order chi connectivity index (χ1) is 11.3. The fraction of sp³-hybridized carbons (Fsp3) is 0.556. The van der Waals surface area contributed by atoms with E-state index < -0.39 is 5.60 Å². The number of rotatable bonds is 0. The van der Waals surface area contributed by atoms with Gasteiger partial charge in [0.25, 0.3) is 0 Å². The van der Waals surface area contributed by atoms with Crippen molar-refractivity contribution < 1.29 is 23.8 Å². The summed E-state index contributed by atoms with van der Waals surface area (Å²) in [7, 11) is 0. The summed E-state index contributed by atoms with van der Waals surface area (Å²) >= 11 is 0. The number of carbonyl (C=O) groups excluding carboxylic acids is 2. The SMILES string of the molecule is CC(C)(C)OC(=O)N1CCC2(COc3c2ccc2c3COC2=O)C1. The smallest absolute Gasteiger partial charge is 0.410 e. The second-order valence-corrected chi connectivity index (χ2v) is 7.77. The number of amides is 1. The molecule has 1 amide bonds. The molecule has 1 saturated heterocycles. The first kappa shape index (κ1) is 15.3. The number of carbonyl (C=O) groups is 2. The van der Waals surface area contributed by atoms with Crippen molar-refractivity contribution in [3.63, 3.8) is 0 Å². The molecule has 0 aliphatic carbocycles. The van der Waals surface area contributed by atoms with E-state index in [1.807, 2.05) is 32.9 Å². The van der Waals surface area contributed by atoms with Crippen LogP contribution in [0.5, 0.6) is 5.75 Å². The Hall–Kier alpha value is -2.24. The Balaban J connectivity index is 1.60. The van der Waals surface area contributed by atoms with Gasteiger partial charge in [-0.25, -0.2) is 9.59 Å². The number of fused-ring (bicyclic) bond motifs is 4. The average molecular weight is 331 g/mol. The van der Waals surface area contributed by atoms with Crippen molar-refractivity contribution in [2.24, 2.45) is 0 Å². The van der Waals surface area contributed by atoms with Gasteiger partial charge >= 0.3 is 12.1 Å². The van der Waals surface area contributed by atoms with Gasteiger partial charge in [0.1, 0.15) is 18.0 Å². The summed E-state index contributed by atoms with van der Waals surface area (Å²) in [5.74, 6) is 0.476. The van der Waals surface area contributed by atoms with Gasteiger partial charge in [0.05, 0.1) is 17.6 Å². The highest BCUT2D eigenvalue weighted by atomic mass is 16.6. The molecular formula is C18H21NO5. The third-order valence-electron chi connectivity index (χ3n) is 4.90. The topological polar surface area (TPSA) is 65.1 Å². The van der Waals surface area contributed by atoms with Crippen LogP contribution in [-0.2, 0) is 21.5 Å². The normalized spacial score (nSPS) is 24.6. The minimum Gasteiger partial charge on any atom is -0.492 e. The van der Waals surface area contributed by atoms with Crippen molar-refractivity contribution in [3.8, 4) is 5.75 Å². The number of likely N-dealkylation sites (tertiary alicyclic amines) is 1. The minimum atomic E-state index is -0.505. The van der Waals surface area contributed by atoms with E-state index in [0.717, 1.165) is 23.3 Å². The van der Waals surface area contributed by atoms with E-state index in [2.05, 4.69) is 0 Å². The average Bonchev–Trinajstić information content (AvgIpc) is 3.18. The molecule has 0 N–H and O–H groups in total. The van der Waals surface area contributed by atoms with Crippen LogP contribution < -0.4 is 4.74 Å². The Morgan fingerprint density at radius 1 is 1.29 bits per heavy atom. The standard InChI is InChI=1S/C18H21NO5/c1-17(2,3)24-16(21)19-7-6-18(9-19)10-23-14-12-8-22-15(20)11(12)4-5-13(14)18/h4-5H,6-10H2,1-3H3. The van der Waals surface area contributed by atoms with Gasteiger partial charge in [-0.2, -0.15) is 0 Å². The maximum absolute atomic E-state index is 12.3. The van der Waals surface area contributed by atoms with Gasteiger partial charge in [-0.1, -0.05) is 6.07 Å². The lowest BCUT2D eigenvalue weighted by Gasteiger charge is -2.26. The molecule has 6 heteroatoms. The molecule has 1 atom stereocenters. The molecule has 0 saturated carbocycles. The highest BCUT2D eigenvalue weighted by molar-refractivity contribution is 5.94. The molecule has 3 heterocycles. The highest BCUT2D eigenvalue weighted by Gasteiger charge is 2.49. The van der Waals surface area contributed by atoms with Crippen LogP contribution in [0.1, 0.15) is 48.7 Å². The molecule has 6 nitrogen and oxygen atoms in total. The molecule has 1 unspecified atom stereocenters. The molecule has 4 rings (SSSR count). The summed E-state index contributed by atoms with van der Waals surface area (Å²) < 4.78 is 16.5. The predicted octanol–water partition coefficient (Wildman–Crippen LogP) is 2.63. The van der Waals surface area contributed by atoms with Gasteiger partial charge in [0.15, 0.2) is 0 Å². The van der Waals surface area contributed by atoms with Gasteiger partial charge in [-0.15, -0.1) is 0 Å². The number of hydrogen-bond donors (Lipinski definition) is 0. The molecular weight excluding hydrogens is 310 g/mol. The Bertz CT molecular complexity index is 736. The summed E-state index contributed by atoms with van der Waals surface area (Å²) in [5.41, 5.74) is 1.78. The second kappa shape index (κ2) is 4.88. The molecule has 0 bridgehead atoms. The third-order valence-corrected chi connectivity index (χ3v) is 4.90. The Kier molecular flexibility index (Phi) is 3.11. The van der Waals surface area contributed by atoms with E-state index in [0.29, 0.717) is 25.3 Å². The van der Waals surface area contributed by atoms with E-state index in [1.54, 1.807) is 4.90 Å². The van der Waals surface area contributed by atoms with E-state index in [1.165, 1.54) is 0 Å². The molecule has 1 aromatic carbocycles. The third kappa shape index (κ3) is 2.24. The van der Waals surface area contributed by atoms with Crippen molar-refractivity contribution in [1.82, 2.24) is 4.90 Å². The fourth-order valence-electron chi connectivity index (χ4n) is 3.74. The van der Waals surface area contributed by atoms with E-state index in [-0.39, 0.29) is 24.1 Å². The summed E-state index contributed by atoms with van der Waals surface area (Å²) in [6, 6.07) is 3.77. The fourth-order valence-corrected chi connectivity index (χ4v) is 3.74. The zero-order valence-corrected chi connectivity index (χ0v) is 14.2. The molecule has 3 aliphatic heterocycles.